The zero-order chi connectivity index (χ0) is 27.2. The number of methoxy groups -OCH3 is 1. The van der Waals surface area contributed by atoms with Crippen molar-refractivity contribution in [2.24, 2.45) is 0 Å². The van der Waals surface area contributed by atoms with Gasteiger partial charge in [-0.3, -0.25) is 14.1 Å². The highest BCUT2D eigenvalue weighted by atomic mass is 19.4. The van der Waals surface area contributed by atoms with Gasteiger partial charge in [-0.1, -0.05) is 0 Å². The van der Waals surface area contributed by atoms with E-state index in [2.05, 4.69) is 15.1 Å². The lowest BCUT2D eigenvalue weighted by Gasteiger charge is -2.39. The molecule has 0 bridgehead atoms. The van der Waals surface area contributed by atoms with Gasteiger partial charge in [0.25, 0.3) is 5.91 Å². The number of piperazine rings is 1. The first-order chi connectivity index (χ1) is 16.8. The fourth-order valence-electron chi connectivity index (χ4n) is 3.42. The number of hydrogen-bond acceptors (Lipinski definition) is 7. The Kier molecular flexibility index (Phi) is 9.58. The van der Waals surface area contributed by atoms with Crippen LogP contribution in [0.25, 0.3) is 5.65 Å². The Hall–Kier alpha value is -3.46. The summed E-state index contributed by atoms with van der Waals surface area (Å²) in [6.07, 6.45) is -3.31. The van der Waals surface area contributed by atoms with E-state index in [1.165, 1.54) is 0 Å². The predicted molar refractivity (Wildman–Crippen MR) is 122 cm³/mol. The van der Waals surface area contributed by atoms with Crippen LogP contribution in [0.15, 0.2) is 18.3 Å². The number of nitrogens with zero attached hydrogens (tertiary/aromatic N) is 7. The Bertz CT molecular complexity index is 1080. The van der Waals surface area contributed by atoms with Gasteiger partial charge in [-0.15, -0.1) is 10.2 Å². The molecule has 2 aromatic rings. The third-order valence-corrected chi connectivity index (χ3v) is 5.49. The number of hydrogen-bond donors (Lipinski definition) is 1. The molecule has 3 amide bonds. The minimum absolute atomic E-state index is 0.0208. The Morgan fingerprint density at radius 1 is 1.17 bits per heavy atom. The number of carboxylic acid groups (broad SMARTS) is 1. The summed E-state index contributed by atoms with van der Waals surface area (Å²) >= 11 is 0. The lowest BCUT2D eigenvalue weighted by atomic mass is 10.1. The third-order valence-electron chi connectivity index (χ3n) is 5.49. The number of rotatable bonds is 5. The molecule has 200 valence electrons. The molecule has 3 heterocycles. The van der Waals surface area contributed by atoms with Gasteiger partial charge in [-0.25, -0.2) is 9.59 Å². The standard InChI is InChI=1S/C19H29N7O3.C2HF3O2/c1-22(2)19(28)25-9-8-23(3)15(13-25)17-21-20-16-7-6-14(12-26(16)17)18(27)24(4)10-11-29-5;3-2(4,5)1(6)7/h6-7,12,15H,8-11,13H2,1-5H3;(H,6,7). The number of urea groups is 1. The van der Waals surface area contributed by atoms with Crippen LogP contribution in [0, 0.1) is 0 Å². The lowest BCUT2D eigenvalue weighted by molar-refractivity contribution is -0.192. The van der Waals surface area contributed by atoms with Crippen molar-refractivity contribution in [1.29, 1.82) is 0 Å². The molecule has 2 aromatic heterocycles. The van der Waals surface area contributed by atoms with E-state index in [0.717, 1.165) is 6.54 Å². The molecule has 0 saturated carbocycles. The molecule has 1 atom stereocenters. The van der Waals surface area contributed by atoms with Crippen LogP contribution >= 0.6 is 0 Å². The second kappa shape index (κ2) is 12.0. The Labute approximate surface area is 205 Å². The number of aromatic nitrogens is 3. The van der Waals surface area contributed by atoms with Crippen molar-refractivity contribution >= 4 is 23.6 Å². The molecule has 1 saturated heterocycles. The van der Waals surface area contributed by atoms with E-state index in [-0.39, 0.29) is 18.0 Å². The zero-order valence-corrected chi connectivity index (χ0v) is 20.7. The minimum Gasteiger partial charge on any atom is -0.475 e. The molecule has 15 heteroatoms. The highest BCUT2D eigenvalue weighted by Crippen LogP contribution is 2.24. The molecule has 1 N–H and O–H groups in total. The number of fused-ring (bicyclic) bond motifs is 1. The van der Waals surface area contributed by atoms with E-state index in [1.54, 1.807) is 56.4 Å². The Balaban J connectivity index is 0.000000572. The van der Waals surface area contributed by atoms with Gasteiger partial charge in [0.1, 0.15) is 0 Å². The molecular weight excluding hydrogens is 487 g/mol. The first-order valence-electron chi connectivity index (χ1n) is 10.8. The topological polar surface area (TPSA) is 124 Å². The van der Waals surface area contributed by atoms with Crippen molar-refractivity contribution in [3.63, 3.8) is 0 Å². The van der Waals surface area contributed by atoms with E-state index < -0.39 is 12.1 Å². The number of pyridine rings is 1. The van der Waals surface area contributed by atoms with Crippen LogP contribution in [0.5, 0.6) is 0 Å². The second-order valence-corrected chi connectivity index (χ2v) is 8.35. The monoisotopic (exact) mass is 517 g/mol. The summed E-state index contributed by atoms with van der Waals surface area (Å²) in [6, 6.07) is 3.41. The number of carbonyl (C=O) groups is 3. The smallest absolute Gasteiger partial charge is 0.475 e. The van der Waals surface area contributed by atoms with Crippen LogP contribution in [0.4, 0.5) is 18.0 Å². The van der Waals surface area contributed by atoms with Crippen molar-refractivity contribution in [2.75, 3.05) is 68.1 Å². The molecule has 1 fully saturated rings. The largest absolute Gasteiger partial charge is 0.490 e. The van der Waals surface area contributed by atoms with E-state index in [1.807, 2.05) is 16.3 Å². The number of amides is 3. The average Bonchev–Trinajstić information content (AvgIpc) is 3.24. The van der Waals surface area contributed by atoms with Crippen molar-refractivity contribution in [1.82, 2.24) is 34.2 Å². The second-order valence-electron chi connectivity index (χ2n) is 8.35. The van der Waals surface area contributed by atoms with Crippen LogP contribution in [0.2, 0.25) is 0 Å². The molecule has 12 nitrogen and oxygen atoms in total. The van der Waals surface area contributed by atoms with Crippen LogP contribution in [0.3, 0.4) is 0 Å². The maximum atomic E-state index is 12.7. The highest BCUT2D eigenvalue weighted by Gasteiger charge is 2.38. The van der Waals surface area contributed by atoms with E-state index >= 15 is 0 Å². The molecular formula is C21H30F3N7O5. The maximum Gasteiger partial charge on any atom is 0.490 e. The number of carboxylic acids is 1. The Morgan fingerprint density at radius 3 is 2.36 bits per heavy atom. The molecule has 1 aliphatic rings. The third kappa shape index (κ3) is 7.04. The van der Waals surface area contributed by atoms with Gasteiger partial charge in [-0.05, 0) is 19.2 Å². The van der Waals surface area contributed by atoms with Crippen molar-refractivity contribution in [2.45, 2.75) is 12.2 Å². The summed E-state index contributed by atoms with van der Waals surface area (Å²) in [5.41, 5.74) is 1.22. The molecule has 0 aliphatic carbocycles. The summed E-state index contributed by atoms with van der Waals surface area (Å²) in [7, 11) is 8.87. The van der Waals surface area contributed by atoms with Crippen molar-refractivity contribution < 1.29 is 37.4 Å². The summed E-state index contributed by atoms with van der Waals surface area (Å²) in [5.74, 6) is -2.13. The molecule has 0 aromatic carbocycles. The number of carbonyl (C=O) groups excluding carboxylic acids is 2. The summed E-state index contributed by atoms with van der Waals surface area (Å²) in [6.45, 7) is 2.90. The number of likely N-dealkylation sites (N-methyl/N-ethyl adjacent to an activating group) is 2. The highest BCUT2D eigenvalue weighted by molar-refractivity contribution is 5.94. The van der Waals surface area contributed by atoms with Gasteiger partial charge in [0.05, 0.1) is 18.2 Å². The number of alkyl halides is 3. The normalized spacial score (nSPS) is 16.3. The lowest BCUT2D eigenvalue weighted by Crippen LogP contribution is -2.52. The molecule has 1 aliphatic heterocycles. The summed E-state index contributed by atoms with van der Waals surface area (Å²) in [5, 5.41) is 15.8. The first-order valence-corrected chi connectivity index (χ1v) is 10.8. The zero-order valence-electron chi connectivity index (χ0n) is 20.7. The quantitative estimate of drug-likeness (QED) is 0.625. The number of ether oxygens (including phenoxy) is 1. The van der Waals surface area contributed by atoms with Gasteiger partial charge in [0, 0.05) is 60.6 Å². The molecule has 0 radical (unpaired) electrons. The van der Waals surface area contributed by atoms with E-state index in [4.69, 9.17) is 14.6 Å². The molecule has 1 unspecified atom stereocenters. The van der Waals surface area contributed by atoms with E-state index in [0.29, 0.717) is 43.3 Å². The average molecular weight is 518 g/mol. The van der Waals surface area contributed by atoms with Crippen LogP contribution < -0.4 is 0 Å². The summed E-state index contributed by atoms with van der Waals surface area (Å²) < 4.78 is 38.6. The number of aliphatic carboxylic acids is 1. The number of halogens is 3. The van der Waals surface area contributed by atoms with Gasteiger partial charge >= 0.3 is 18.2 Å². The SMILES string of the molecule is COCCN(C)C(=O)c1ccc2nnc(C3CN(C(=O)N(C)C)CCN3C)n2c1.O=C(O)C(F)(F)F. The maximum absolute atomic E-state index is 12.7. The van der Waals surface area contributed by atoms with Crippen LogP contribution in [-0.4, -0.2) is 131 Å². The van der Waals surface area contributed by atoms with Gasteiger partial charge in [-0.2, -0.15) is 13.2 Å². The summed E-state index contributed by atoms with van der Waals surface area (Å²) in [4.78, 5) is 41.2. The first kappa shape index (κ1) is 28.8. The van der Waals surface area contributed by atoms with Crippen LogP contribution in [-0.2, 0) is 9.53 Å². The van der Waals surface area contributed by atoms with Gasteiger partial charge in [0.15, 0.2) is 11.5 Å². The van der Waals surface area contributed by atoms with Crippen molar-refractivity contribution in [3.05, 3.63) is 29.7 Å². The molecule has 0 spiro atoms. The van der Waals surface area contributed by atoms with Crippen molar-refractivity contribution in [3.8, 4) is 0 Å². The predicted octanol–water partition coefficient (Wildman–Crippen LogP) is 1.05. The van der Waals surface area contributed by atoms with Gasteiger partial charge < -0.3 is 24.5 Å². The minimum atomic E-state index is -5.08. The molecule has 3 rings (SSSR count). The fraction of sp³-hybridized carbons (Fsp3) is 0.571. The Morgan fingerprint density at radius 2 is 1.81 bits per heavy atom. The van der Waals surface area contributed by atoms with Crippen LogP contribution in [0.1, 0.15) is 22.2 Å². The van der Waals surface area contributed by atoms with Gasteiger partial charge in [0.2, 0.25) is 0 Å². The fourth-order valence-corrected chi connectivity index (χ4v) is 3.42. The van der Waals surface area contributed by atoms with E-state index in [9.17, 15) is 22.8 Å². The molecule has 36 heavy (non-hydrogen) atoms.